The molecule has 0 spiro atoms. The second-order valence-electron chi connectivity index (χ2n) is 11.1. The van der Waals surface area contributed by atoms with Gasteiger partial charge in [-0.05, 0) is 11.8 Å². The standard InChI is InChI=1S/C24H38O10/c1-17(2)7-23-29-11-21(12-30-23,13-31-23)9-27-19(25)5-6-20(26)28-10-22-14-32-24(33-15-22,34-16-22)8-18(3)4/h17-18H,5-16H2,1-4H3. The van der Waals surface area contributed by atoms with Gasteiger partial charge in [-0.25, -0.2) is 0 Å². The molecule has 0 atom stereocenters. The molecule has 0 radical (unpaired) electrons. The smallest absolute Gasteiger partial charge is 0.306 e. The van der Waals surface area contributed by atoms with Gasteiger partial charge < -0.3 is 37.9 Å². The molecule has 6 fully saturated rings. The predicted molar refractivity (Wildman–Crippen MR) is 116 cm³/mol. The number of hydrogen-bond donors (Lipinski definition) is 0. The zero-order valence-electron chi connectivity index (χ0n) is 20.7. The third-order valence-electron chi connectivity index (χ3n) is 6.52. The van der Waals surface area contributed by atoms with E-state index < -0.39 is 34.7 Å². The Kier molecular flexibility index (Phi) is 7.57. The van der Waals surface area contributed by atoms with Crippen molar-refractivity contribution < 1.29 is 47.5 Å². The van der Waals surface area contributed by atoms with E-state index in [4.69, 9.17) is 37.9 Å². The Morgan fingerprint density at radius 1 is 0.618 bits per heavy atom. The Morgan fingerprint density at radius 2 is 0.912 bits per heavy atom. The molecule has 0 N–H and O–H groups in total. The summed E-state index contributed by atoms with van der Waals surface area (Å²) in [4.78, 5) is 24.4. The molecular weight excluding hydrogens is 448 g/mol. The van der Waals surface area contributed by atoms with E-state index in [1.165, 1.54) is 0 Å². The van der Waals surface area contributed by atoms with E-state index in [0.717, 1.165) is 0 Å². The van der Waals surface area contributed by atoms with Crippen LogP contribution in [0.3, 0.4) is 0 Å². The molecule has 6 rings (SSSR count). The fourth-order valence-corrected chi connectivity index (χ4v) is 4.50. The number of ether oxygens (including phenoxy) is 8. The van der Waals surface area contributed by atoms with E-state index in [1.807, 2.05) is 0 Å². The largest absolute Gasteiger partial charge is 0.465 e. The summed E-state index contributed by atoms with van der Waals surface area (Å²) in [7, 11) is 0. The average molecular weight is 487 g/mol. The molecule has 10 heteroatoms. The molecule has 6 heterocycles. The lowest BCUT2D eigenvalue weighted by molar-refractivity contribution is -0.474. The molecule has 34 heavy (non-hydrogen) atoms. The molecule has 6 aliphatic heterocycles. The normalized spacial score (nSPS) is 36.8. The average Bonchev–Trinajstić information content (AvgIpc) is 2.82. The predicted octanol–water partition coefficient (Wildman–Crippen LogP) is 2.38. The summed E-state index contributed by atoms with van der Waals surface area (Å²) in [5, 5.41) is 0. The monoisotopic (exact) mass is 486 g/mol. The second-order valence-corrected chi connectivity index (χ2v) is 11.1. The van der Waals surface area contributed by atoms with Crippen LogP contribution in [0.1, 0.15) is 53.4 Å². The summed E-state index contributed by atoms with van der Waals surface area (Å²) in [6.07, 6.45) is 1.16. The van der Waals surface area contributed by atoms with Crippen LogP contribution in [-0.2, 0) is 47.5 Å². The Labute approximate surface area is 200 Å². The number of carbonyl (C=O) groups is 2. The fraction of sp³-hybridized carbons (Fsp3) is 0.917. The minimum Gasteiger partial charge on any atom is -0.465 e. The molecule has 0 aromatic rings. The van der Waals surface area contributed by atoms with Gasteiger partial charge in [0, 0.05) is 12.8 Å². The van der Waals surface area contributed by atoms with E-state index in [0.29, 0.717) is 64.3 Å². The molecule has 0 aromatic heterocycles. The van der Waals surface area contributed by atoms with Gasteiger partial charge in [0.1, 0.15) is 13.2 Å². The van der Waals surface area contributed by atoms with Crippen LogP contribution in [-0.4, -0.2) is 76.7 Å². The van der Waals surface area contributed by atoms with Gasteiger partial charge >= 0.3 is 11.9 Å². The van der Waals surface area contributed by atoms with Crippen LogP contribution in [0.5, 0.6) is 0 Å². The van der Waals surface area contributed by atoms with Crippen LogP contribution in [0.25, 0.3) is 0 Å². The molecule has 0 saturated carbocycles. The van der Waals surface area contributed by atoms with Gasteiger partial charge in [-0.1, -0.05) is 27.7 Å². The number of fused-ring (bicyclic) bond motifs is 6. The van der Waals surface area contributed by atoms with Gasteiger partial charge in [-0.3, -0.25) is 9.59 Å². The first kappa shape index (κ1) is 25.8. The van der Waals surface area contributed by atoms with E-state index in [1.54, 1.807) is 0 Å². The van der Waals surface area contributed by atoms with Crippen LogP contribution in [0.2, 0.25) is 0 Å². The highest BCUT2D eigenvalue weighted by Gasteiger charge is 2.54. The molecule has 6 saturated heterocycles. The summed E-state index contributed by atoms with van der Waals surface area (Å²) in [6.45, 7) is 11.0. The minimum atomic E-state index is -0.975. The first-order valence-electron chi connectivity index (χ1n) is 12.2. The molecule has 4 bridgehead atoms. The first-order valence-corrected chi connectivity index (χ1v) is 12.2. The van der Waals surface area contributed by atoms with Crippen LogP contribution in [0, 0.1) is 22.7 Å². The molecule has 194 valence electrons. The van der Waals surface area contributed by atoms with Crippen molar-refractivity contribution in [2.75, 3.05) is 52.9 Å². The Balaban J connectivity index is 1.13. The summed E-state index contributed by atoms with van der Waals surface area (Å²) < 4.78 is 45.6. The maximum atomic E-state index is 12.2. The zero-order chi connectivity index (χ0) is 24.5. The van der Waals surface area contributed by atoms with Crippen molar-refractivity contribution in [2.45, 2.75) is 65.3 Å². The number of carbonyl (C=O) groups excluding carboxylic acids is 2. The Bertz CT molecular complexity index is 637. The molecule has 0 aliphatic carbocycles. The minimum absolute atomic E-state index is 0.0667. The second kappa shape index (κ2) is 9.99. The van der Waals surface area contributed by atoms with E-state index in [2.05, 4.69) is 27.7 Å². The highest BCUT2D eigenvalue weighted by Crippen LogP contribution is 2.42. The van der Waals surface area contributed by atoms with Crippen LogP contribution >= 0.6 is 0 Å². The molecule has 10 nitrogen and oxygen atoms in total. The Morgan fingerprint density at radius 3 is 1.18 bits per heavy atom. The third kappa shape index (κ3) is 5.91. The highest BCUT2D eigenvalue weighted by molar-refractivity contribution is 5.77. The van der Waals surface area contributed by atoms with Crippen molar-refractivity contribution in [3.63, 3.8) is 0 Å². The van der Waals surface area contributed by atoms with Gasteiger partial charge in [0.2, 0.25) is 0 Å². The lowest BCUT2D eigenvalue weighted by atomic mass is 9.89. The fourth-order valence-electron chi connectivity index (χ4n) is 4.50. The highest BCUT2D eigenvalue weighted by atomic mass is 16.9. The van der Waals surface area contributed by atoms with E-state index in [-0.39, 0.29) is 26.1 Å². The Hall–Kier alpha value is -1.30. The maximum Gasteiger partial charge on any atom is 0.306 e. The van der Waals surface area contributed by atoms with Crippen LogP contribution in [0.4, 0.5) is 0 Å². The van der Waals surface area contributed by atoms with Gasteiger partial charge in [-0.2, -0.15) is 0 Å². The topological polar surface area (TPSA) is 108 Å². The van der Waals surface area contributed by atoms with Crippen molar-refractivity contribution in [1.82, 2.24) is 0 Å². The van der Waals surface area contributed by atoms with Crippen molar-refractivity contribution in [3.05, 3.63) is 0 Å². The number of hydrogen-bond acceptors (Lipinski definition) is 10. The number of rotatable bonds is 11. The zero-order valence-corrected chi connectivity index (χ0v) is 20.7. The molecular formula is C24H38O10. The number of esters is 2. The lowest BCUT2D eigenvalue weighted by Gasteiger charge is -2.51. The summed E-state index contributed by atoms with van der Waals surface area (Å²) in [6, 6.07) is 0. The van der Waals surface area contributed by atoms with E-state index >= 15 is 0 Å². The van der Waals surface area contributed by atoms with Crippen molar-refractivity contribution >= 4 is 11.9 Å². The third-order valence-corrected chi connectivity index (χ3v) is 6.52. The summed E-state index contributed by atoms with van der Waals surface area (Å²) in [5.74, 6) is -2.17. The maximum absolute atomic E-state index is 12.2. The van der Waals surface area contributed by atoms with E-state index in [9.17, 15) is 9.59 Å². The van der Waals surface area contributed by atoms with Gasteiger partial charge in [0.25, 0.3) is 11.9 Å². The van der Waals surface area contributed by atoms with Gasteiger partial charge in [0.05, 0.1) is 63.3 Å². The molecule has 0 unspecified atom stereocenters. The van der Waals surface area contributed by atoms with Crippen molar-refractivity contribution in [2.24, 2.45) is 22.7 Å². The van der Waals surface area contributed by atoms with Gasteiger partial charge in [0.15, 0.2) is 0 Å². The quantitative estimate of drug-likeness (QED) is 0.404. The summed E-state index contributed by atoms with van der Waals surface area (Å²) >= 11 is 0. The van der Waals surface area contributed by atoms with Gasteiger partial charge in [-0.15, -0.1) is 0 Å². The first-order chi connectivity index (χ1) is 16.1. The van der Waals surface area contributed by atoms with Crippen molar-refractivity contribution in [3.8, 4) is 0 Å². The molecule has 0 amide bonds. The lowest BCUT2D eigenvalue weighted by Crippen LogP contribution is -2.62. The molecule has 0 aromatic carbocycles. The van der Waals surface area contributed by atoms with Crippen LogP contribution in [0.15, 0.2) is 0 Å². The summed E-state index contributed by atoms with van der Waals surface area (Å²) in [5.41, 5.74) is -1.03. The van der Waals surface area contributed by atoms with Crippen molar-refractivity contribution in [1.29, 1.82) is 0 Å². The molecule has 6 aliphatic rings. The SMILES string of the molecule is CC(C)CC12OCC(COC(=O)CCC(=O)OCC34COC(CC(C)C)(OC3)OC4)(CO1)CO2. The van der Waals surface area contributed by atoms with Crippen LogP contribution < -0.4 is 0 Å².